The van der Waals surface area contributed by atoms with Crippen LogP contribution in [0.15, 0.2) is 24.3 Å². The highest BCUT2D eigenvalue weighted by molar-refractivity contribution is 5.54. The van der Waals surface area contributed by atoms with Crippen molar-refractivity contribution >= 4 is 5.69 Å². The quantitative estimate of drug-likeness (QED) is 0.879. The van der Waals surface area contributed by atoms with Crippen LogP contribution in [0, 0.1) is 0 Å². The Kier molecular flexibility index (Phi) is 4.61. The number of anilines is 1. The molecular weight excluding hydrogens is 222 g/mol. The van der Waals surface area contributed by atoms with Crippen LogP contribution in [0.3, 0.4) is 0 Å². The zero-order valence-electron chi connectivity index (χ0n) is 11.6. The first-order valence-electron chi connectivity index (χ1n) is 7.03. The van der Waals surface area contributed by atoms with E-state index in [2.05, 4.69) is 47.9 Å². The van der Waals surface area contributed by atoms with Gasteiger partial charge in [0.1, 0.15) is 0 Å². The molecule has 1 aromatic carbocycles. The first-order valence-corrected chi connectivity index (χ1v) is 7.03. The van der Waals surface area contributed by atoms with Gasteiger partial charge in [0.15, 0.2) is 0 Å². The number of aryl methyl sites for hydroxylation is 1. The molecule has 0 spiro atoms. The van der Waals surface area contributed by atoms with Crippen molar-refractivity contribution in [2.45, 2.75) is 26.3 Å². The molecule has 18 heavy (non-hydrogen) atoms. The van der Waals surface area contributed by atoms with Crippen LogP contribution in [0.2, 0.25) is 0 Å². The SMILES string of the molecule is CCc1ccccc1N1CCN(C(C)CN)CC1. The first-order chi connectivity index (χ1) is 8.76. The number of hydrogen-bond donors (Lipinski definition) is 1. The minimum absolute atomic E-state index is 0.508. The molecule has 1 aromatic rings. The van der Waals surface area contributed by atoms with E-state index in [0.717, 1.165) is 39.1 Å². The van der Waals surface area contributed by atoms with Gasteiger partial charge >= 0.3 is 0 Å². The van der Waals surface area contributed by atoms with E-state index in [0.29, 0.717) is 6.04 Å². The molecule has 0 radical (unpaired) electrons. The molecule has 1 saturated heterocycles. The van der Waals surface area contributed by atoms with Crippen LogP contribution in [-0.4, -0.2) is 43.7 Å². The zero-order chi connectivity index (χ0) is 13.0. The Bertz CT molecular complexity index is 370. The van der Waals surface area contributed by atoms with Gasteiger partial charge in [-0.1, -0.05) is 25.1 Å². The monoisotopic (exact) mass is 247 g/mol. The summed E-state index contributed by atoms with van der Waals surface area (Å²) in [6, 6.07) is 9.28. The summed E-state index contributed by atoms with van der Waals surface area (Å²) in [7, 11) is 0. The van der Waals surface area contributed by atoms with Gasteiger partial charge in [0.25, 0.3) is 0 Å². The molecular formula is C15H25N3. The molecule has 1 unspecified atom stereocenters. The fourth-order valence-corrected chi connectivity index (χ4v) is 2.67. The number of rotatable bonds is 4. The van der Waals surface area contributed by atoms with E-state index >= 15 is 0 Å². The Balaban J connectivity index is 2.01. The van der Waals surface area contributed by atoms with E-state index in [1.54, 1.807) is 0 Å². The third-order valence-corrected chi connectivity index (χ3v) is 3.99. The molecule has 100 valence electrons. The molecule has 1 heterocycles. The standard InChI is InChI=1S/C15H25N3/c1-3-14-6-4-5-7-15(14)18-10-8-17(9-11-18)13(2)12-16/h4-7,13H,3,8-12,16H2,1-2H3. The van der Waals surface area contributed by atoms with Gasteiger partial charge in [-0.3, -0.25) is 4.90 Å². The van der Waals surface area contributed by atoms with Gasteiger partial charge in [-0.15, -0.1) is 0 Å². The van der Waals surface area contributed by atoms with E-state index in [-0.39, 0.29) is 0 Å². The normalized spacial score (nSPS) is 18.9. The molecule has 0 amide bonds. The minimum Gasteiger partial charge on any atom is -0.369 e. The number of piperazine rings is 1. The van der Waals surface area contributed by atoms with Crippen LogP contribution in [0.5, 0.6) is 0 Å². The summed E-state index contributed by atoms with van der Waals surface area (Å²) >= 11 is 0. The van der Waals surface area contributed by atoms with Crippen molar-refractivity contribution in [2.24, 2.45) is 5.73 Å². The summed E-state index contributed by atoms with van der Waals surface area (Å²) in [5, 5.41) is 0. The second-order valence-corrected chi connectivity index (χ2v) is 5.09. The summed E-state index contributed by atoms with van der Waals surface area (Å²) < 4.78 is 0. The largest absolute Gasteiger partial charge is 0.369 e. The highest BCUT2D eigenvalue weighted by atomic mass is 15.3. The predicted molar refractivity (Wildman–Crippen MR) is 78.1 cm³/mol. The Morgan fingerprint density at radius 1 is 1.17 bits per heavy atom. The molecule has 2 rings (SSSR count). The van der Waals surface area contributed by atoms with Crippen molar-refractivity contribution in [1.29, 1.82) is 0 Å². The van der Waals surface area contributed by atoms with Gasteiger partial charge in [0, 0.05) is 44.5 Å². The van der Waals surface area contributed by atoms with Crippen molar-refractivity contribution < 1.29 is 0 Å². The topological polar surface area (TPSA) is 32.5 Å². The zero-order valence-corrected chi connectivity index (χ0v) is 11.6. The lowest BCUT2D eigenvalue weighted by atomic mass is 10.1. The van der Waals surface area contributed by atoms with E-state index in [4.69, 9.17) is 5.73 Å². The average Bonchev–Trinajstić information content (AvgIpc) is 2.46. The average molecular weight is 247 g/mol. The van der Waals surface area contributed by atoms with Gasteiger partial charge in [0.2, 0.25) is 0 Å². The van der Waals surface area contributed by atoms with Crippen LogP contribution in [-0.2, 0) is 6.42 Å². The van der Waals surface area contributed by atoms with Crippen molar-refractivity contribution in [2.75, 3.05) is 37.6 Å². The number of nitrogens with zero attached hydrogens (tertiary/aromatic N) is 2. The van der Waals surface area contributed by atoms with Crippen molar-refractivity contribution in [1.82, 2.24) is 4.90 Å². The van der Waals surface area contributed by atoms with Gasteiger partial charge in [-0.2, -0.15) is 0 Å². The number of benzene rings is 1. The lowest BCUT2D eigenvalue weighted by Crippen LogP contribution is -2.51. The van der Waals surface area contributed by atoms with Gasteiger partial charge in [-0.25, -0.2) is 0 Å². The van der Waals surface area contributed by atoms with Crippen LogP contribution in [0.25, 0.3) is 0 Å². The molecule has 0 saturated carbocycles. The van der Waals surface area contributed by atoms with Crippen LogP contribution in [0.4, 0.5) is 5.69 Å². The minimum atomic E-state index is 0.508. The Labute approximate surface area is 111 Å². The summed E-state index contributed by atoms with van der Waals surface area (Å²) in [5.74, 6) is 0. The maximum Gasteiger partial charge on any atom is 0.0399 e. The lowest BCUT2D eigenvalue weighted by molar-refractivity contribution is 0.201. The molecule has 1 fully saturated rings. The molecule has 1 aliphatic rings. The highest BCUT2D eigenvalue weighted by Gasteiger charge is 2.21. The smallest absolute Gasteiger partial charge is 0.0399 e. The molecule has 0 aliphatic carbocycles. The van der Waals surface area contributed by atoms with Crippen LogP contribution >= 0.6 is 0 Å². The fraction of sp³-hybridized carbons (Fsp3) is 0.600. The van der Waals surface area contributed by atoms with E-state index in [1.807, 2.05) is 0 Å². The molecule has 3 nitrogen and oxygen atoms in total. The summed E-state index contributed by atoms with van der Waals surface area (Å²) in [6.45, 7) is 9.67. The molecule has 0 bridgehead atoms. The Morgan fingerprint density at radius 3 is 2.44 bits per heavy atom. The second kappa shape index (κ2) is 6.21. The molecule has 1 atom stereocenters. The van der Waals surface area contributed by atoms with Crippen molar-refractivity contribution in [3.63, 3.8) is 0 Å². The summed E-state index contributed by atoms with van der Waals surface area (Å²) in [6.07, 6.45) is 1.11. The summed E-state index contributed by atoms with van der Waals surface area (Å²) in [4.78, 5) is 5.00. The molecule has 2 N–H and O–H groups in total. The Hall–Kier alpha value is -1.06. The van der Waals surface area contributed by atoms with E-state index in [9.17, 15) is 0 Å². The van der Waals surface area contributed by atoms with Crippen molar-refractivity contribution in [3.8, 4) is 0 Å². The van der Waals surface area contributed by atoms with E-state index in [1.165, 1.54) is 11.3 Å². The number of para-hydroxylation sites is 1. The van der Waals surface area contributed by atoms with Crippen LogP contribution < -0.4 is 10.6 Å². The number of nitrogens with two attached hydrogens (primary N) is 1. The summed E-state index contributed by atoms with van der Waals surface area (Å²) in [5.41, 5.74) is 8.61. The second-order valence-electron chi connectivity index (χ2n) is 5.09. The maximum atomic E-state index is 5.74. The third-order valence-electron chi connectivity index (χ3n) is 3.99. The van der Waals surface area contributed by atoms with Gasteiger partial charge < -0.3 is 10.6 Å². The van der Waals surface area contributed by atoms with Crippen LogP contribution in [0.1, 0.15) is 19.4 Å². The molecule has 0 aromatic heterocycles. The molecule has 3 heteroatoms. The van der Waals surface area contributed by atoms with Crippen molar-refractivity contribution in [3.05, 3.63) is 29.8 Å². The third kappa shape index (κ3) is 2.85. The van der Waals surface area contributed by atoms with Gasteiger partial charge in [-0.05, 0) is 25.0 Å². The highest BCUT2D eigenvalue weighted by Crippen LogP contribution is 2.22. The maximum absolute atomic E-state index is 5.74. The number of hydrogen-bond acceptors (Lipinski definition) is 3. The van der Waals surface area contributed by atoms with E-state index < -0.39 is 0 Å². The lowest BCUT2D eigenvalue weighted by Gasteiger charge is -2.39. The molecule has 1 aliphatic heterocycles. The first kappa shape index (κ1) is 13.4. The van der Waals surface area contributed by atoms with Gasteiger partial charge in [0.05, 0.1) is 0 Å². The Morgan fingerprint density at radius 2 is 1.83 bits per heavy atom. The fourth-order valence-electron chi connectivity index (χ4n) is 2.67. The predicted octanol–water partition coefficient (Wildman–Crippen LogP) is 1.72.